The molecule has 0 amide bonds. The quantitative estimate of drug-likeness (QED) is 0.773. The molecule has 3 heteroatoms. The van der Waals surface area contributed by atoms with E-state index in [0.717, 1.165) is 18.2 Å². The van der Waals surface area contributed by atoms with Crippen molar-refractivity contribution in [2.45, 2.75) is 63.7 Å². The van der Waals surface area contributed by atoms with Crippen molar-refractivity contribution >= 4 is 0 Å². The molecule has 27 heavy (non-hydrogen) atoms. The molecule has 4 unspecified atom stereocenters. The van der Waals surface area contributed by atoms with Gasteiger partial charge in [-0.3, -0.25) is 0 Å². The Balaban J connectivity index is 1.56. The average molecular weight is 365 g/mol. The number of rotatable bonds is 6. The van der Waals surface area contributed by atoms with Gasteiger partial charge in [0.15, 0.2) is 0 Å². The van der Waals surface area contributed by atoms with Gasteiger partial charge in [0.25, 0.3) is 0 Å². The summed E-state index contributed by atoms with van der Waals surface area (Å²) in [6.07, 6.45) is 3.97. The third-order valence-corrected chi connectivity index (χ3v) is 6.44. The molecule has 2 fully saturated rings. The number of hydrogen-bond donors (Lipinski definition) is 2. The Morgan fingerprint density at radius 3 is 2.67 bits per heavy atom. The molecule has 0 spiro atoms. The fourth-order valence-electron chi connectivity index (χ4n) is 4.96. The highest BCUT2D eigenvalue weighted by Gasteiger charge is 2.45. The number of methoxy groups -OCH3 is 1. The second-order valence-corrected chi connectivity index (χ2v) is 8.39. The first-order valence-electron chi connectivity index (χ1n) is 10.4. The van der Waals surface area contributed by atoms with E-state index in [1.165, 1.54) is 36.0 Å². The van der Waals surface area contributed by atoms with E-state index in [0.29, 0.717) is 24.0 Å². The van der Waals surface area contributed by atoms with Gasteiger partial charge in [-0.2, -0.15) is 0 Å². The largest absolute Gasteiger partial charge is 0.496 e. The SMILES string of the molecule is COc1ccc(C(C)C)cc1CNC1C(c2ccccc2)NC2CCCC21. The van der Waals surface area contributed by atoms with E-state index < -0.39 is 0 Å². The molecule has 1 saturated carbocycles. The van der Waals surface area contributed by atoms with E-state index in [9.17, 15) is 0 Å². The Morgan fingerprint density at radius 1 is 1.11 bits per heavy atom. The van der Waals surface area contributed by atoms with Crippen LogP contribution in [0.2, 0.25) is 0 Å². The summed E-state index contributed by atoms with van der Waals surface area (Å²) in [7, 11) is 1.77. The van der Waals surface area contributed by atoms with Crippen molar-refractivity contribution in [1.29, 1.82) is 0 Å². The maximum atomic E-state index is 5.64. The van der Waals surface area contributed by atoms with Crippen molar-refractivity contribution in [3.8, 4) is 5.75 Å². The standard InChI is InChI=1S/C24H32N2O/c1-16(2)18-12-13-22(27-3)19(14-18)15-25-24-20-10-7-11-21(20)26-23(24)17-8-5-4-6-9-17/h4-6,8-9,12-14,16,20-21,23-26H,7,10-11,15H2,1-3H3. The van der Waals surface area contributed by atoms with Gasteiger partial charge in [0.2, 0.25) is 0 Å². The fourth-order valence-corrected chi connectivity index (χ4v) is 4.96. The van der Waals surface area contributed by atoms with E-state index >= 15 is 0 Å². The lowest BCUT2D eigenvalue weighted by atomic mass is 9.91. The van der Waals surface area contributed by atoms with Crippen LogP contribution in [0.15, 0.2) is 48.5 Å². The van der Waals surface area contributed by atoms with Crippen molar-refractivity contribution in [2.24, 2.45) is 5.92 Å². The number of fused-ring (bicyclic) bond motifs is 1. The molecule has 1 saturated heterocycles. The Labute approximate surface area is 163 Å². The molecule has 1 heterocycles. The molecule has 2 aromatic carbocycles. The zero-order valence-corrected chi connectivity index (χ0v) is 16.7. The Morgan fingerprint density at radius 2 is 1.93 bits per heavy atom. The van der Waals surface area contributed by atoms with Crippen LogP contribution < -0.4 is 15.4 Å². The third kappa shape index (κ3) is 3.76. The molecular weight excluding hydrogens is 332 g/mol. The van der Waals surface area contributed by atoms with E-state index in [4.69, 9.17) is 4.74 Å². The summed E-state index contributed by atoms with van der Waals surface area (Å²) in [6.45, 7) is 5.34. The number of benzene rings is 2. The molecule has 1 aliphatic heterocycles. The normalized spacial score (nSPS) is 27.1. The first kappa shape index (κ1) is 18.5. The minimum absolute atomic E-state index is 0.390. The second kappa shape index (κ2) is 8.04. The van der Waals surface area contributed by atoms with Crippen LogP contribution in [0.3, 0.4) is 0 Å². The van der Waals surface area contributed by atoms with Crippen molar-refractivity contribution in [1.82, 2.24) is 10.6 Å². The van der Waals surface area contributed by atoms with Gasteiger partial charge in [-0.15, -0.1) is 0 Å². The van der Waals surface area contributed by atoms with Crippen molar-refractivity contribution in [2.75, 3.05) is 7.11 Å². The van der Waals surface area contributed by atoms with Crippen LogP contribution in [0, 0.1) is 5.92 Å². The van der Waals surface area contributed by atoms with Gasteiger partial charge in [-0.1, -0.05) is 62.7 Å². The fraction of sp³-hybridized carbons (Fsp3) is 0.500. The molecule has 0 aromatic heterocycles. The van der Waals surface area contributed by atoms with E-state index in [1.54, 1.807) is 7.11 Å². The first-order chi connectivity index (χ1) is 13.2. The first-order valence-corrected chi connectivity index (χ1v) is 10.4. The Kier molecular flexibility index (Phi) is 5.51. The molecule has 2 N–H and O–H groups in total. The summed E-state index contributed by atoms with van der Waals surface area (Å²) in [4.78, 5) is 0. The van der Waals surface area contributed by atoms with Gasteiger partial charge in [0.05, 0.1) is 7.11 Å². The van der Waals surface area contributed by atoms with Crippen molar-refractivity contribution in [3.05, 3.63) is 65.2 Å². The average Bonchev–Trinajstić information content (AvgIpc) is 3.28. The van der Waals surface area contributed by atoms with E-state index in [-0.39, 0.29) is 0 Å². The van der Waals surface area contributed by atoms with Gasteiger partial charge in [-0.25, -0.2) is 0 Å². The van der Waals surface area contributed by atoms with Crippen LogP contribution >= 0.6 is 0 Å². The number of hydrogen-bond acceptors (Lipinski definition) is 3. The smallest absolute Gasteiger partial charge is 0.123 e. The van der Waals surface area contributed by atoms with Crippen LogP contribution in [-0.4, -0.2) is 19.2 Å². The summed E-state index contributed by atoms with van der Waals surface area (Å²) in [5, 5.41) is 7.84. The molecular formula is C24H32N2O. The molecule has 2 aliphatic rings. The van der Waals surface area contributed by atoms with Gasteiger partial charge >= 0.3 is 0 Å². The Bertz CT molecular complexity index is 758. The molecule has 0 bridgehead atoms. The zero-order chi connectivity index (χ0) is 18.8. The van der Waals surface area contributed by atoms with Crippen LogP contribution in [-0.2, 0) is 6.54 Å². The van der Waals surface area contributed by atoms with Gasteiger partial charge in [-0.05, 0) is 41.9 Å². The topological polar surface area (TPSA) is 33.3 Å². The summed E-state index contributed by atoms with van der Waals surface area (Å²) in [6, 6.07) is 19.0. The lowest BCUT2D eigenvalue weighted by Gasteiger charge is -2.26. The van der Waals surface area contributed by atoms with Gasteiger partial charge in [0.1, 0.15) is 5.75 Å². The monoisotopic (exact) mass is 364 g/mol. The van der Waals surface area contributed by atoms with E-state index in [1.807, 2.05) is 0 Å². The maximum Gasteiger partial charge on any atom is 0.123 e. The molecule has 4 atom stereocenters. The highest BCUT2D eigenvalue weighted by Crippen LogP contribution is 2.41. The summed E-state index contributed by atoms with van der Waals surface area (Å²) < 4.78 is 5.64. The van der Waals surface area contributed by atoms with Crippen LogP contribution in [0.4, 0.5) is 0 Å². The predicted octanol–water partition coefficient (Wildman–Crippen LogP) is 4.79. The van der Waals surface area contributed by atoms with Crippen molar-refractivity contribution in [3.63, 3.8) is 0 Å². The van der Waals surface area contributed by atoms with Crippen molar-refractivity contribution < 1.29 is 4.74 Å². The summed E-state index contributed by atoms with van der Waals surface area (Å²) in [5.74, 6) is 2.23. The zero-order valence-electron chi connectivity index (χ0n) is 16.7. The number of ether oxygens (including phenoxy) is 1. The molecule has 2 aromatic rings. The van der Waals surface area contributed by atoms with Gasteiger partial charge in [0, 0.05) is 30.2 Å². The van der Waals surface area contributed by atoms with E-state index in [2.05, 4.69) is 73.0 Å². The second-order valence-electron chi connectivity index (χ2n) is 8.39. The predicted molar refractivity (Wildman–Crippen MR) is 111 cm³/mol. The van der Waals surface area contributed by atoms with Crippen LogP contribution in [0.25, 0.3) is 0 Å². The summed E-state index contributed by atoms with van der Waals surface area (Å²) in [5.41, 5.74) is 4.03. The van der Waals surface area contributed by atoms with Gasteiger partial charge < -0.3 is 15.4 Å². The number of nitrogens with one attached hydrogen (secondary N) is 2. The molecule has 4 rings (SSSR count). The lowest BCUT2D eigenvalue weighted by Crippen LogP contribution is -2.37. The lowest BCUT2D eigenvalue weighted by molar-refractivity contribution is 0.365. The molecule has 3 nitrogen and oxygen atoms in total. The summed E-state index contributed by atoms with van der Waals surface area (Å²) >= 11 is 0. The molecule has 0 radical (unpaired) electrons. The van der Waals surface area contributed by atoms with Crippen LogP contribution in [0.1, 0.15) is 61.8 Å². The highest BCUT2D eigenvalue weighted by molar-refractivity contribution is 5.38. The third-order valence-electron chi connectivity index (χ3n) is 6.44. The molecule has 1 aliphatic carbocycles. The minimum atomic E-state index is 0.390. The minimum Gasteiger partial charge on any atom is -0.496 e. The van der Waals surface area contributed by atoms with Crippen LogP contribution in [0.5, 0.6) is 5.75 Å². The molecule has 144 valence electrons. The Hall–Kier alpha value is -1.84. The highest BCUT2D eigenvalue weighted by atomic mass is 16.5. The maximum absolute atomic E-state index is 5.64.